The Morgan fingerprint density at radius 1 is 0.696 bits per heavy atom. The average Bonchev–Trinajstić information content (AvgIpc) is 3.87. The number of amides is 4. The average molecular weight is 839 g/mol. The van der Waals surface area contributed by atoms with Crippen LogP contribution < -0.4 is 21.3 Å². The summed E-state index contributed by atoms with van der Waals surface area (Å²) in [5.41, 5.74) is -1.83. The molecule has 0 aliphatic heterocycles. The second-order valence-corrected chi connectivity index (χ2v) is 18.8. The Morgan fingerprint density at radius 3 is 1.57 bits per heavy atom. The van der Waals surface area contributed by atoms with Crippen molar-refractivity contribution in [3.05, 3.63) is 70.4 Å². The minimum Gasteiger partial charge on any atom is -0.394 e. The zero-order chi connectivity index (χ0) is 40.0. The summed E-state index contributed by atoms with van der Waals surface area (Å²) in [6.07, 6.45) is 14.3. The Labute approximate surface area is 346 Å². The highest BCUT2D eigenvalue weighted by Gasteiger charge is 2.43. The Bertz CT molecular complexity index is 1870. The van der Waals surface area contributed by atoms with E-state index < -0.39 is 17.1 Å². The second kappa shape index (κ2) is 21.4. The van der Waals surface area contributed by atoms with Gasteiger partial charge in [0.25, 0.3) is 11.8 Å². The van der Waals surface area contributed by atoms with Crippen molar-refractivity contribution in [2.75, 3.05) is 30.6 Å². The molecule has 10 nitrogen and oxygen atoms in total. The fraction of sp³-hybridized carbons (Fsp3) is 0.500. The smallest absolute Gasteiger partial charge is 0.262 e. The van der Waals surface area contributed by atoms with Crippen LogP contribution in [0.2, 0.25) is 0 Å². The van der Waals surface area contributed by atoms with Crippen molar-refractivity contribution in [2.24, 2.45) is 0 Å². The number of benzene rings is 2. The maximum Gasteiger partial charge on any atom is 0.262 e. The van der Waals surface area contributed by atoms with Crippen LogP contribution >= 0.6 is 46.2 Å². The van der Waals surface area contributed by atoms with Gasteiger partial charge >= 0.3 is 0 Å². The van der Waals surface area contributed by atoms with Gasteiger partial charge in [-0.05, 0) is 97.6 Å². The molecule has 2 fully saturated rings. The van der Waals surface area contributed by atoms with Crippen LogP contribution in [0.3, 0.4) is 0 Å². The number of thiophene rings is 2. The molecule has 4 aromatic rings. The fourth-order valence-corrected chi connectivity index (χ4v) is 10.3. The zero-order valence-electron chi connectivity index (χ0n) is 32.2. The summed E-state index contributed by atoms with van der Waals surface area (Å²) in [7, 11) is 0. The van der Waals surface area contributed by atoms with E-state index in [2.05, 4.69) is 21.3 Å². The molecule has 2 atom stereocenters. The van der Waals surface area contributed by atoms with Gasteiger partial charge in [-0.2, -0.15) is 23.5 Å². The van der Waals surface area contributed by atoms with E-state index in [1.807, 2.05) is 73.2 Å². The van der Waals surface area contributed by atoms with Crippen molar-refractivity contribution >= 4 is 96.3 Å². The maximum absolute atomic E-state index is 13.2. The topological polar surface area (TPSA) is 154 Å². The van der Waals surface area contributed by atoms with Gasteiger partial charge in [0.05, 0.1) is 28.4 Å². The Balaban J connectivity index is 0.000000214. The van der Waals surface area contributed by atoms with Gasteiger partial charge < -0.3 is 31.2 Å². The first-order valence-electron chi connectivity index (χ1n) is 19.4. The summed E-state index contributed by atoms with van der Waals surface area (Å²) in [6, 6.07) is 18.7. The standard InChI is InChI=1S/C21H28N2O3S2.C21H26N2O3S2/c2*1-27-12-9-16(14-24)22-20(26)21(10-5-2-6-11-21)23-19(25)18-13-15-7-3-4-8-17(15)28-18/h3-4,7-8,13,16,24H,2,5-6,9-12,14H2,1H3,(H,22,26)(H,23,25);3-4,7-8,13-14,16H,2,5-6,9-12H2,1H3,(H,22,26)(H,23,25)/t2*16-/m00/s1. The number of hydrogen-bond acceptors (Lipinski definition) is 10. The van der Waals surface area contributed by atoms with Crippen molar-refractivity contribution in [1.82, 2.24) is 21.3 Å². The highest BCUT2D eigenvalue weighted by Crippen LogP contribution is 2.33. The predicted molar refractivity (Wildman–Crippen MR) is 233 cm³/mol. The Morgan fingerprint density at radius 2 is 1.14 bits per heavy atom. The number of aliphatic hydroxyl groups excluding tert-OH is 1. The predicted octanol–water partition coefficient (Wildman–Crippen LogP) is 7.34. The van der Waals surface area contributed by atoms with E-state index in [9.17, 15) is 29.1 Å². The van der Waals surface area contributed by atoms with Gasteiger partial charge in [-0.15, -0.1) is 22.7 Å². The molecular formula is C42H54N4O6S4. The molecule has 2 heterocycles. The SMILES string of the molecule is CSCC[C@@H](C=O)NC(=O)C1(NC(=O)c2cc3ccccc3s2)CCCCC1.CSCC[C@@H](CO)NC(=O)C1(NC(=O)c2cc3ccccc3s2)CCCCC1. The molecule has 0 saturated heterocycles. The summed E-state index contributed by atoms with van der Waals surface area (Å²) in [4.78, 5) is 64.8. The number of carbonyl (C=O) groups excluding carboxylic acids is 5. The van der Waals surface area contributed by atoms with E-state index in [4.69, 9.17) is 0 Å². The summed E-state index contributed by atoms with van der Waals surface area (Å²) < 4.78 is 2.11. The lowest BCUT2D eigenvalue weighted by Crippen LogP contribution is -2.61. The molecule has 0 spiro atoms. The summed E-state index contributed by atoms with van der Waals surface area (Å²) >= 11 is 6.20. The van der Waals surface area contributed by atoms with Gasteiger partial charge in [0.15, 0.2) is 0 Å². The monoisotopic (exact) mass is 838 g/mol. The Kier molecular flexibility index (Phi) is 16.7. The number of hydrogen-bond donors (Lipinski definition) is 5. The third-order valence-corrected chi connectivity index (χ3v) is 14.1. The van der Waals surface area contributed by atoms with Crippen LogP contribution in [0.15, 0.2) is 60.7 Å². The van der Waals surface area contributed by atoms with E-state index in [0.29, 0.717) is 48.3 Å². The van der Waals surface area contributed by atoms with Gasteiger partial charge in [-0.3, -0.25) is 19.2 Å². The van der Waals surface area contributed by atoms with E-state index in [1.54, 1.807) is 23.5 Å². The second-order valence-electron chi connectivity index (χ2n) is 14.6. The lowest BCUT2D eigenvalue weighted by molar-refractivity contribution is -0.131. The molecule has 6 rings (SSSR count). The Hall–Kier alpha value is -3.43. The molecular weight excluding hydrogens is 785 g/mol. The molecule has 56 heavy (non-hydrogen) atoms. The quantitative estimate of drug-likeness (QED) is 0.0736. The first kappa shape index (κ1) is 43.7. The molecule has 2 saturated carbocycles. The van der Waals surface area contributed by atoms with Crippen LogP contribution in [-0.4, -0.2) is 88.8 Å². The lowest BCUT2D eigenvalue weighted by Gasteiger charge is -2.37. The van der Waals surface area contributed by atoms with E-state index >= 15 is 0 Å². The van der Waals surface area contributed by atoms with Crippen LogP contribution in [0.25, 0.3) is 20.2 Å². The van der Waals surface area contributed by atoms with Crippen molar-refractivity contribution in [3.8, 4) is 0 Å². The van der Waals surface area contributed by atoms with E-state index in [-0.39, 0.29) is 36.3 Å². The molecule has 2 aliphatic carbocycles. The molecule has 302 valence electrons. The lowest BCUT2D eigenvalue weighted by atomic mass is 9.80. The third kappa shape index (κ3) is 11.4. The van der Waals surface area contributed by atoms with Gasteiger partial charge in [0.2, 0.25) is 11.8 Å². The number of thioether (sulfide) groups is 2. The minimum absolute atomic E-state index is 0.0906. The molecule has 2 aliphatic rings. The third-order valence-electron chi connectivity index (χ3n) is 10.6. The number of carbonyl (C=O) groups is 5. The van der Waals surface area contributed by atoms with Crippen LogP contribution in [0.4, 0.5) is 0 Å². The molecule has 0 unspecified atom stereocenters. The first-order valence-corrected chi connectivity index (χ1v) is 23.9. The summed E-state index contributed by atoms with van der Waals surface area (Å²) in [6.45, 7) is -0.0906. The molecule has 2 aromatic carbocycles. The van der Waals surface area contributed by atoms with Crippen LogP contribution in [0.1, 0.15) is 96.4 Å². The normalized spacial score (nSPS) is 17.1. The van der Waals surface area contributed by atoms with Gasteiger partial charge in [-0.1, -0.05) is 74.9 Å². The van der Waals surface area contributed by atoms with Gasteiger partial charge in [-0.25, -0.2) is 0 Å². The van der Waals surface area contributed by atoms with E-state index in [1.165, 1.54) is 22.7 Å². The molecule has 4 amide bonds. The molecule has 14 heteroatoms. The van der Waals surface area contributed by atoms with Crippen molar-refractivity contribution < 1.29 is 29.1 Å². The molecule has 2 aromatic heterocycles. The highest BCUT2D eigenvalue weighted by atomic mass is 32.2. The van der Waals surface area contributed by atoms with Gasteiger partial charge in [0, 0.05) is 9.40 Å². The molecule has 5 N–H and O–H groups in total. The number of aliphatic hydroxyl groups is 1. The van der Waals surface area contributed by atoms with Crippen molar-refractivity contribution in [2.45, 2.75) is 100 Å². The van der Waals surface area contributed by atoms with Crippen molar-refractivity contribution in [3.63, 3.8) is 0 Å². The van der Waals surface area contributed by atoms with E-state index in [0.717, 1.165) is 76.5 Å². The molecule has 0 radical (unpaired) electrons. The highest BCUT2D eigenvalue weighted by molar-refractivity contribution is 7.98. The first-order chi connectivity index (χ1) is 27.2. The maximum atomic E-state index is 13.2. The number of fused-ring (bicyclic) bond motifs is 2. The fourth-order valence-electron chi connectivity index (χ4n) is 7.39. The van der Waals surface area contributed by atoms with Crippen molar-refractivity contribution in [1.29, 1.82) is 0 Å². The minimum atomic E-state index is -0.938. The van der Waals surface area contributed by atoms with Gasteiger partial charge in [0.1, 0.15) is 17.4 Å². The van der Waals surface area contributed by atoms with Crippen LogP contribution in [0.5, 0.6) is 0 Å². The van der Waals surface area contributed by atoms with Crippen LogP contribution in [0, 0.1) is 0 Å². The summed E-state index contributed by atoms with van der Waals surface area (Å²) in [5.74, 6) is 0.854. The summed E-state index contributed by atoms with van der Waals surface area (Å²) in [5, 5.41) is 23.6. The zero-order valence-corrected chi connectivity index (χ0v) is 35.5. The molecule has 0 bridgehead atoms. The number of aldehydes is 1. The van der Waals surface area contributed by atoms with Crippen LogP contribution in [-0.2, 0) is 14.4 Å². The number of rotatable bonds is 16. The number of nitrogens with one attached hydrogen (secondary N) is 4. The largest absolute Gasteiger partial charge is 0.394 e.